The summed E-state index contributed by atoms with van der Waals surface area (Å²) < 4.78 is 6.43. The molecule has 2 fully saturated rings. The van der Waals surface area contributed by atoms with E-state index in [2.05, 4.69) is 40.7 Å². The summed E-state index contributed by atoms with van der Waals surface area (Å²) in [5, 5.41) is 10.3. The molecule has 0 radical (unpaired) electrons. The Morgan fingerprint density at radius 1 is 1.32 bits per heavy atom. The van der Waals surface area contributed by atoms with Crippen molar-refractivity contribution in [3.8, 4) is 0 Å². The van der Waals surface area contributed by atoms with Crippen molar-refractivity contribution < 1.29 is 9.84 Å². The molecule has 3 aliphatic rings. The second kappa shape index (κ2) is 5.63. The Balaban J connectivity index is 1.59. The second-order valence-electron chi connectivity index (χ2n) is 8.88. The fourth-order valence-corrected chi connectivity index (χ4v) is 5.56. The Labute approximate surface area is 136 Å². The summed E-state index contributed by atoms with van der Waals surface area (Å²) in [6.45, 7) is 11.5. The molecule has 3 rings (SSSR count). The van der Waals surface area contributed by atoms with Gasteiger partial charge in [0, 0.05) is 0 Å². The molecule has 2 saturated heterocycles. The highest BCUT2D eigenvalue weighted by Crippen LogP contribution is 2.58. The molecule has 126 valence electrons. The molecule has 2 aliphatic heterocycles. The smallest absolute Gasteiger partial charge is 0.0754 e. The lowest BCUT2D eigenvalue weighted by Gasteiger charge is -2.36. The van der Waals surface area contributed by atoms with Crippen LogP contribution in [-0.2, 0) is 4.74 Å². The summed E-state index contributed by atoms with van der Waals surface area (Å²) in [4.78, 5) is 0. The van der Waals surface area contributed by atoms with Crippen molar-refractivity contribution in [2.75, 3.05) is 0 Å². The Bertz CT molecular complexity index is 457. The number of hydrogen-bond donors (Lipinski definition) is 1. The minimum absolute atomic E-state index is 0.107. The van der Waals surface area contributed by atoms with Crippen LogP contribution in [0.5, 0.6) is 0 Å². The summed E-state index contributed by atoms with van der Waals surface area (Å²) in [6.07, 6.45) is 9.07. The van der Waals surface area contributed by atoms with Crippen LogP contribution in [0.15, 0.2) is 11.6 Å². The first-order valence-corrected chi connectivity index (χ1v) is 9.31. The first-order valence-electron chi connectivity index (χ1n) is 9.31. The van der Waals surface area contributed by atoms with Crippen LogP contribution in [0.4, 0.5) is 0 Å². The molecule has 2 heterocycles. The van der Waals surface area contributed by atoms with Gasteiger partial charge in [-0.05, 0) is 83.0 Å². The average Bonchev–Trinajstić information content (AvgIpc) is 2.84. The molecule has 1 N–H and O–H groups in total. The third-order valence-electron chi connectivity index (χ3n) is 7.37. The van der Waals surface area contributed by atoms with E-state index >= 15 is 0 Å². The van der Waals surface area contributed by atoms with Crippen molar-refractivity contribution in [3.63, 3.8) is 0 Å². The molecular weight excluding hydrogens is 272 g/mol. The van der Waals surface area contributed by atoms with Crippen molar-refractivity contribution in [2.24, 2.45) is 23.7 Å². The predicted octanol–water partition coefficient (Wildman–Crippen LogP) is 4.71. The molecule has 0 spiro atoms. The number of fused-ring (bicyclic) bond motifs is 2. The van der Waals surface area contributed by atoms with Crippen LogP contribution in [0, 0.1) is 23.7 Å². The van der Waals surface area contributed by atoms with Gasteiger partial charge in [-0.1, -0.05) is 25.5 Å². The molecule has 0 amide bonds. The molecule has 0 aromatic rings. The normalized spacial score (nSPS) is 49.3. The molecule has 0 aromatic carbocycles. The maximum atomic E-state index is 10.3. The molecule has 0 saturated carbocycles. The van der Waals surface area contributed by atoms with E-state index in [1.807, 2.05) is 0 Å². The third kappa shape index (κ3) is 2.67. The number of hydrogen-bond acceptors (Lipinski definition) is 2. The molecule has 0 aromatic heterocycles. The Kier molecular flexibility index (Phi) is 4.23. The summed E-state index contributed by atoms with van der Waals surface area (Å²) in [6, 6.07) is 0. The Morgan fingerprint density at radius 2 is 2.00 bits per heavy atom. The average molecular weight is 306 g/mol. The molecule has 22 heavy (non-hydrogen) atoms. The van der Waals surface area contributed by atoms with Gasteiger partial charge in [-0.25, -0.2) is 0 Å². The number of rotatable bonds is 4. The standard InChI is InChI=1S/C20H34O2/c1-13-6-8-16(18(21)12-13)14(2)7-9-17-15(3)19(4)10-11-20(17,5)22-19/h12,14-18,21H,6-11H2,1-5H3/t14-,15-,16-,17-,18+,19+,20-/m1/s1. The molecule has 0 unspecified atom stereocenters. The summed E-state index contributed by atoms with van der Waals surface area (Å²) in [7, 11) is 0. The number of aliphatic hydroxyl groups excluding tert-OH is 1. The van der Waals surface area contributed by atoms with Crippen molar-refractivity contribution in [2.45, 2.75) is 90.4 Å². The van der Waals surface area contributed by atoms with E-state index in [0.717, 1.165) is 12.8 Å². The van der Waals surface area contributed by atoms with E-state index in [-0.39, 0.29) is 17.3 Å². The first kappa shape index (κ1) is 16.5. The zero-order chi connectivity index (χ0) is 16.1. The van der Waals surface area contributed by atoms with E-state index in [0.29, 0.717) is 23.7 Å². The SMILES string of the molecule is CC1=C[C@H](O)[C@@H]([C@H](C)CC[C@@H]2[C@@H](C)[C@]3(C)CC[C@@]2(C)O3)CC1. The molecule has 7 atom stereocenters. The van der Waals surface area contributed by atoms with E-state index < -0.39 is 0 Å². The molecule has 2 nitrogen and oxygen atoms in total. The summed E-state index contributed by atoms with van der Waals surface area (Å²) in [5.41, 5.74) is 1.58. The van der Waals surface area contributed by atoms with E-state index in [1.165, 1.54) is 31.3 Å². The van der Waals surface area contributed by atoms with Gasteiger partial charge >= 0.3 is 0 Å². The van der Waals surface area contributed by atoms with Crippen LogP contribution in [0.2, 0.25) is 0 Å². The van der Waals surface area contributed by atoms with Gasteiger partial charge in [-0.2, -0.15) is 0 Å². The highest BCUT2D eigenvalue weighted by atomic mass is 16.5. The summed E-state index contributed by atoms with van der Waals surface area (Å²) in [5.74, 6) is 2.40. The van der Waals surface area contributed by atoms with Crippen LogP contribution in [0.1, 0.15) is 73.1 Å². The molecule has 2 bridgehead atoms. The van der Waals surface area contributed by atoms with Crippen LogP contribution in [0.25, 0.3) is 0 Å². The second-order valence-corrected chi connectivity index (χ2v) is 8.88. The Hall–Kier alpha value is -0.340. The van der Waals surface area contributed by atoms with Gasteiger partial charge in [0.25, 0.3) is 0 Å². The van der Waals surface area contributed by atoms with Crippen molar-refractivity contribution >= 4 is 0 Å². The van der Waals surface area contributed by atoms with Gasteiger partial charge < -0.3 is 9.84 Å². The van der Waals surface area contributed by atoms with Gasteiger partial charge in [-0.15, -0.1) is 0 Å². The lowest BCUT2D eigenvalue weighted by Crippen LogP contribution is -2.37. The Morgan fingerprint density at radius 3 is 2.59 bits per heavy atom. The number of allylic oxidation sites excluding steroid dienone is 1. The zero-order valence-electron chi connectivity index (χ0n) is 15.1. The monoisotopic (exact) mass is 306 g/mol. The van der Waals surface area contributed by atoms with Gasteiger partial charge in [0.15, 0.2) is 0 Å². The van der Waals surface area contributed by atoms with Crippen molar-refractivity contribution in [1.29, 1.82) is 0 Å². The molecule has 1 aliphatic carbocycles. The van der Waals surface area contributed by atoms with Gasteiger partial charge in [0.05, 0.1) is 17.3 Å². The highest BCUT2D eigenvalue weighted by molar-refractivity contribution is 5.10. The zero-order valence-corrected chi connectivity index (χ0v) is 15.1. The van der Waals surface area contributed by atoms with Gasteiger partial charge in [0.2, 0.25) is 0 Å². The van der Waals surface area contributed by atoms with Crippen molar-refractivity contribution in [3.05, 3.63) is 11.6 Å². The number of aliphatic hydroxyl groups is 1. The van der Waals surface area contributed by atoms with Crippen LogP contribution < -0.4 is 0 Å². The quantitative estimate of drug-likeness (QED) is 0.762. The van der Waals surface area contributed by atoms with E-state index in [9.17, 15) is 5.11 Å². The van der Waals surface area contributed by atoms with E-state index in [4.69, 9.17) is 4.74 Å². The van der Waals surface area contributed by atoms with Crippen LogP contribution >= 0.6 is 0 Å². The minimum Gasteiger partial charge on any atom is -0.389 e. The fraction of sp³-hybridized carbons (Fsp3) is 0.900. The first-order chi connectivity index (χ1) is 10.3. The molecular formula is C20H34O2. The van der Waals surface area contributed by atoms with E-state index in [1.54, 1.807) is 0 Å². The highest BCUT2D eigenvalue weighted by Gasteiger charge is 2.60. The maximum absolute atomic E-state index is 10.3. The maximum Gasteiger partial charge on any atom is 0.0754 e. The topological polar surface area (TPSA) is 29.5 Å². The summed E-state index contributed by atoms with van der Waals surface area (Å²) >= 11 is 0. The molecule has 2 heteroatoms. The third-order valence-corrected chi connectivity index (χ3v) is 7.37. The predicted molar refractivity (Wildman–Crippen MR) is 90.7 cm³/mol. The van der Waals surface area contributed by atoms with Crippen LogP contribution in [-0.4, -0.2) is 22.4 Å². The van der Waals surface area contributed by atoms with Crippen LogP contribution in [0.3, 0.4) is 0 Å². The van der Waals surface area contributed by atoms with Gasteiger partial charge in [-0.3, -0.25) is 0 Å². The van der Waals surface area contributed by atoms with Gasteiger partial charge in [0.1, 0.15) is 0 Å². The lowest BCUT2D eigenvalue weighted by molar-refractivity contribution is -0.0434. The van der Waals surface area contributed by atoms with Crippen molar-refractivity contribution in [1.82, 2.24) is 0 Å². The number of ether oxygens (including phenoxy) is 1. The lowest BCUT2D eigenvalue weighted by atomic mass is 9.66. The largest absolute Gasteiger partial charge is 0.389 e. The minimum atomic E-state index is -0.231. The fourth-order valence-electron chi connectivity index (χ4n) is 5.56.